The lowest BCUT2D eigenvalue weighted by Gasteiger charge is -2.09. The number of aromatic nitrogens is 2. The molecular formula is C15H18N4O. The first-order chi connectivity index (χ1) is 9.70. The van der Waals surface area contributed by atoms with E-state index in [2.05, 4.69) is 27.5 Å². The zero-order valence-corrected chi connectivity index (χ0v) is 11.7. The van der Waals surface area contributed by atoms with E-state index in [0.29, 0.717) is 11.4 Å². The van der Waals surface area contributed by atoms with E-state index in [1.807, 2.05) is 19.1 Å². The first-order valence-corrected chi connectivity index (χ1v) is 6.62. The van der Waals surface area contributed by atoms with Crippen LogP contribution in [0.5, 0.6) is 0 Å². The normalized spacial score (nSPS) is 10.1. The van der Waals surface area contributed by atoms with Crippen molar-refractivity contribution < 1.29 is 4.79 Å². The number of nitrogens with zero attached hydrogens (tertiary/aromatic N) is 2. The van der Waals surface area contributed by atoms with E-state index in [1.54, 1.807) is 24.7 Å². The molecule has 0 fully saturated rings. The van der Waals surface area contributed by atoms with Crippen molar-refractivity contribution in [1.29, 1.82) is 0 Å². The van der Waals surface area contributed by atoms with Gasteiger partial charge in [-0.1, -0.05) is 6.92 Å². The Kier molecular flexibility index (Phi) is 4.65. The largest absolute Gasteiger partial charge is 0.385 e. The Hall–Kier alpha value is -2.43. The zero-order valence-electron chi connectivity index (χ0n) is 11.7. The third-order valence-electron chi connectivity index (χ3n) is 2.86. The fraction of sp³-hybridized carbons (Fsp3) is 0.267. The molecular weight excluding hydrogens is 252 g/mol. The van der Waals surface area contributed by atoms with Crippen LogP contribution in [-0.2, 0) is 0 Å². The second-order valence-electron chi connectivity index (χ2n) is 4.50. The Morgan fingerprint density at radius 2 is 2.15 bits per heavy atom. The predicted molar refractivity (Wildman–Crippen MR) is 79.9 cm³/mol. The molecule has 0 aliphatic rings. The smallest absolute Gasteiger partial charge is 0.274 e. The predicted octanol–water partition coefficient (Wildman–Crippen LogP) is 2.86. The van der Waals surface area contributed by atoms with Gasteiger partial charge in [0.05, 0.1) is 11.9 Å². The molecule has 0 saturated carbocycles. The lowest BCUT2D eigenvalue weighted by Crippen LogP contribution is -2.15. The summed E-state index contributed by atoms with van der Waals surface area (Å²) in [5.74, 6) is -0.235. The quantitative estimate of drug-likeness (QED) is 0.876. The van der Waals surface area contributed by atoms with Crippen LogP contribution in [0, 0.1) is 6.92 Å². The van der Waals surface area contributed by atoms with Gasteiger partial charge in [-0.3, -0.25) is 14.8 Å². The summed E-state index contributed by atoms with van der Waals surface area (Å²) in [5, 5.41) is 6.05. The number of anilines is 2. The minimum absolute atomic E-state index is 0.235. The van der Waals surface area contributed by atoms with E-state index in [9.17, 15) is 4.79 Å². The molecule has 5 nitrogen and oxygen atoms in total. The summed E-state index contributed by atoms with van der Waals surface area (Å²) in [5.41, 5.74) is 2.95. The minimum Gasteiger partial charge on any atom is -0.385 e. The van der Waals surface area contributed by atoms with E-state index < -0.39 is 0 Å². The van der Waals surface area contributed by atoms with Gasteiger partial charge < -0.3 is 10.6 Å². The van der Waals surface area contributed by atoms with Crippen LogP contribution in [0.25, 0.3) is 0 Å². The highest BCUT2D eigenvalue weighted by molar-refractivity contribution is 6.03. The number of carbonyl (C=O) groups excluding carboxylic acids is 1. The Morgan fingerprint density at radius 1 is 1.30 bits per heavy atom. The van der Waals surface area contributed by atoms with Gasteiger partial charge in [0.1, 0.15) is 5.69 Å². The maximum absolute atomic E-state index is 12.2. The van der Waals surface area contributed by atoms with E-state index in [4.69, 9.17) is 0 Å². The number of carbonyl (C=O) groups is 1. The molecule has 0 radical (unpaired) electrons. The Bertz CT molecular complexity index is 598. The lowest BCUT2D eigenvalue weighted by molar-refractivity contribution is 0.102. The van der Waals surface area contributed by atoms with Crippen LogP contribution >= 0.6 is 0 Å². The molecule has 2 N–H and O–H groups in total. The maximum Gasteiger partial charge on any atom is 0.274 e. The molecule has 20 heavy (non-hydrogen) atoms. The number of hydrogen-bond donors (Lipinski definition) is 2. The number of amides is 1. The average Bonchev–Trinajstić information content (AvgIpc) is 2.48. The summed E-state index contributed by atoms with van der Waals surface area (Å²) < 4.78 is 0. The molecule has 0 aliphatic heterocycles. The molecule has 0 saturated heterocycles. The standard InChI is InChI=1S/C15H18N4O/c1-3-6-17-12-5-8-18-13(9-12)15(20)19-14-10-16-7-4-11(14)2/h4-5,7-10H,3,6H2,1-2H3,(H,17,18)(H,19,20). The SMILES string of the molecule is CCCNc1ccnc(C(=O)Nc2cnccc2C)c1. The lowest BCUT2D eigenvalue weighted by atomic mass is 10.2. The fourth-order valence-electron chi connectivity index (χ4n) is 1.72. The van der Waals surface area contributed by atoms with Crippen molar-refractivity contribution in [3.8, 4) is 0 Å². The molecule has 2 rings (SSSR count). The number of pyridine rings is 2. The van der Waals surface area contributed by atoms with Crippen molar-refractivity contribution in [2.75, 3.05) is 17.2 Å². The Labute approximate surface area is 118 Å². The molecule has 0 unspecified atom stereocenters. The monoisotopic (exact) mass is 270 g/mol. The van der Waals surface area contributed by atoms with Gasteiger partial charge in [0, 0.05) is 24.6 Å². The molecule has 0 bridgehead atoms. The van der Waals surface area contributed by atoms with Crippen LogP contribution in [0.4, 0.5) is 11.4 Å². The zero-order chi connectivity index (χ0) is 14.4. The van der Waals surface area contributed by atoms with E-state index in [-0.39, 0.29) is 5.91 Å². The number of rotatable bonds is 5. The second-order valence-corrected chi connectivity index (χ2v) is 4.50. The summed E-state index contributed by atoms with van der Waals surface area (Å²) in [6.07, 6.45) is 5.98. The number of nitrogens with one attached hydrogen (secondary N) is 2. The van der Waals surface area contributed by atoms with Gasteiger partial charge in [-0.2, -0.15) is 0 Å². The average molecular weight is 270 g/mol. The van der Waals surface area contributed by atoms with Crippen LogP contribution in [0.15, 0.2) is 36.8 Å². The summed E-state index contributed by atoms with van der Waals surface area (Å²) in [7, 11) is 0. The molecule has 0 atom stereocenters. The third-order valence-corrected chi connectivity index (χ3v) is 2.86. The van der Waals surface area contributed by atoms with E-state index in [0.717, 1.165) is 24.2 Å². The van der Waals surface area contributed by atoms with Gasteiger partial charge >= 0.3 is 0 Å². The van der Waals surface area contributed by atoms with Crippen molar-refractivity contribution in [2.45, 2.75) is 20.3 Å². The summed E-state index contributed by atoms with van der Waals surface area (Å²) in [6, 6.07) is 5.45. The number of hydrogen-bond acceptors (Lipinski definition) is 4. The summed E-state index contributed by atoms with van der Waals surface area (Å²) in [6.45, 7) is 4.88. The molecule has 1 amide bonds. The molecule has 5 heteroatoms. The van der Waals surface area contributed by atoms with Crippen LogP contribution in [0.2, 0.25) is 0 Å². The molecule has 0 aliphatic carbocycles. The molecule has 2 heterocycles. The first kappa shape index (κ1) is 14.0. The molecule has 2 aromatic rings. The van der Waals surface area contributed by atoms with Gasteiger partial charge in [-0.25, -0.2) is 0 Å². The van der Waals surface area contributed by atoms with Gasteiger partial charge in [-0.05, 0) is 37.1 Å². The van der Waals surface area contributed by atoms with Crippen LogP contribution < -0.4 is 10.6 Å². The van der Waals surface area contributed by atoms with Gasteiger partial charge in [0.15, 0.2) is 0 Å². The van der Waals surface area contributed by atoms with Gasteiger partial charge in [0.2, 0.25) is 0 Å². The number of aryl methyl sites for hydroxylation is 1. The third kappa shape index (κ3) is 3.54. The highest BCUT2D eigenvalue weighted by Gasteiger charge is 2.09. The molecule has 2 aromatic heterocycles. The second kappa shape index (κ2) is 6.65. The van der Waals surface area contributed by atoms with E-state index in [1.165, 1.54) is 0 Å². The molecule has 0 aromatic carbocycles. The topological polar surface area (TPSA) is 66.9 Å². The molecule has 104 valence electrons. The maximum atomic E-state index is 12.2. The summed E-state index contributed by atoms with van der Waals surface area (Å²) in [4.78, 5) is 20.3. The highest BCUT2D eigenvalue weighted by atomic mass is 16.1. The first-order valence-electron chi connectivity index (χ1n) is 6.62. The summed E-state index contributed by atoms with van der Waals surface area (Å²) >= 11 is 0. The fourth-order valence-corrected chi connectivity index (χ4v) is 1.72. The van der Waals surface area contributed by atoms with Crippen LogP contribution in [-0.4, -0.2) is 22.4 Å². The van der Waals surface area contributed by atoms with Crippen LogP contribution in [0.1, 0.15) is 29.4 Å². The van der Waals surface area contributed by atoms with Crippen molar-refractivity contribution >= 4 is 17.3 Å². The minimum atomic E-state index is -0.235. The Balaban J connectivity index is 2.11. The highest BCUT2D eigenvalue weighted by Crippen LogP contribution is 2.14. The molecule has 0 spiro atoms. The van der Waals surface area contributed by atoms with Gasteiger partial charge in [-0.15, -0.1) is 0 Å². The Morgan fingerprint density at radius 3 is 2.90 bits per heavy atom. The van der Waals surface area contributed by atoms with Crippen molar-refractivity contribution in [1.82, 2.24) is 9.97 Å². The van der Waals surface area contributed by atoms with E-state index >= 15 is 0 Å². The van der Waals surface area contributed by atoms with Crippen LogP contribution in [0.3, 0.4) is 0 Å². The van der Waals surface area contributed by atoms with Crippen molar-refractivity contribution in [2.24, 2.45) is 0 Å². The van der Waals surface area contributed by atoms with Crippen molar-refractivity contribution in [3.05, 3.63) is 48.0 Å². The van der Waals surface area contributed by atoms with Crippen molar-refractivity contribution in [3.63, 3.8) is 0 Å². The van der Waals surface area contributed by atoms with Gasteiger partial charge in [0.25, 0.3) is 5.91 Å².